The minimum atomic E-state index is -3.86. The average Bonchev–Trinajstić information content (AvgIpc) is 3.33. The first-order valence-electron chi connectivity index (χ1n) is 9.96. The van der Waals surface area contributed by atoms with Crippen LogP contribution in [0.25, 0.3) is 0 Å². The number of methoxy groups -OCH3 is 3. The van der Waals surface area contributed by atoms with E-state index in [4.69, 9.17) is 14.2 Å². The number of hydrogen-bond donors (Lipinski definition) is 0. The number of nitrogens with zero attached hydrogens (tertiary/aromatic N) is 2. The molecule has 9 heteroatoms. The molecule has 0 aliphatic carbocycles. The number of likely N-dealkylation sites (tertiary alicyclic amines) is 1. The van der Waals surface area contributed by atoms with E-state index in [0.717, 1.165) is 12.8 Å². The van der Waals surface area contributed by atoms with E-state index in [1.54, 1.807) is 30.2 Å². The van der Waals surface area contributed by atoms with Crippen LogP contribution in [0.2, 0.25) is 0 Å². The summed E-state index contributed by atoms with van der Waals surface area (Å²) in [6.07, 6.45) is 1.89. The number of amides is 1. The molecule has 1 fully saturated rings. The molecular formula is C22H28N2O6S. The van der Waals surface area contributed by atoms with Gasteiger partial charge in [0.15, 0.2) is 0 Å². The highest BCUT2D eigenvalue weighted by Crippen LogP contribution is 2.29. The fourth-order valence-electron chi connectivity index (χ4n) is 3.59. The maximum Gasteiger partial charge on any atom is 0.257 e. The van der Waals surface area contributed by atoms with Gasteiger partial charge in [-0.3, -0.25) is 4.79 Å². The van der Waals surface area contributed by atoms with E-state index in [1.165, 1.54) is 43.8 Å². The normalized spacial score (nSPS) is 14.0. The monoisotopic (exact) mass is 448 g/mol. The third-order valence-electron chi connectivity index (χ3n) is 5.39. The first-order valence-corrected chi connectivity index (χ1v) is 11.4. The minimum absolute atomic E-state index is 0.0332. The van der Waals surface area contributed by atoms with E-state index in [9.17, 15) is 13.2 Å². The van der Waals surface area contributed by atoms with Crippen LogP contribution in [-0.4, -0.2) is 65.0 Å². The topological polar surface area (TPSA) is 85.4 Å². The van der Waals surface area contributed by atoms with E-state index in [2.05, 4.69) is 0 Å². The van der Waals surface area contributed by atoms with Gasteiger partial charge in [-0.2, -0.15) is 4.31 Å². The van der Waals surface area contributed by atoms with Crippen molar-refractivity contribution >= 4 is 15.9 Å². The van der Waals surface area contributed by atoms with Gasteiger partial charge in [0.2, 0.25) is 10.0 Å². The molecular weight excluding hydrogens is 420 g/mol. The number of ether oxygens (including phenoxy) is 3. The van der Waals surface area contributed by atoms with E-state index < -0.39 is 10.0 Å². The lowest BCUT2D eigenvalue weighted by Gasteiger charge is -2.21. The molecule has 0 saturated carbocycles. The second-order valence-electron chi connectivity index (χ2n) is 7.30. The van der Waals surface area contributed by atoms with Gasteiger partial charge < -0.3 is 19.1 Å². The SMILES string of the molecule is COc1ccc(CN(C)S(=O)(=O)c2ccc(OC)c(C(=O)N3CCCC3)c2)c(OC)c1. The Kier molecular flexibility index (Phi) is 7.07. The molecule has 2 aromatic carbocycles. The van der Waals surface area contributed by atoms with Crippen LogP contribution in [0, 0.1) is 0 Å². The van der Waals surface area contributed by atoms with Gasteiger partial charge in [-0.15, -0.1) is 0 Å². The summed E-state index contributed by atoms with van der Waals surface area (Å²) in [5.41, 5.74) is 0.942. The van der Waals surface area contributed by atoms with Crippen LogP contribution < -0.4 is 14.2 Å². The molecule has 1 aliphatic rings. The second kappa shape index (κ2) is 9.57. The molecule has 0 aromatic heterocycles. The van der Waals surface area contributed by atoms with Crippen molar-refractivity contribution in [2.24, 2.45) is 0 Å². The maximum absolute atomic E-state index is 13.2. The van der Waals surface area contributed by atoms with Gasteiger partial charge in [-0.05, 0) is 37.1 Å². The van der Waals surface area contributed by atoms with Crippen LogP contribution >= 0.6 is 0 Å². The van der Waals surface area contributed by atoms with Crippen LogP contribution in [0.5, 0.6) is 17.2 Å². The smallest absolute Gasteiger partial charge is 0.257 e. The molecule has 0 atom stereocenters. The second-order valence-corrected chi connectivity index (χ2v) is 9.35. The molecule has 1 saturated heterocycles. The van der Waals surface area contributed by atoms with Crippen molar-refractivity contribution in [3.8, 4) is 17.2 Å². The molecule has 31 heavy (non-hydrogen) atoms. The standard InChI is InChI=1S/C22H28N2O6S/c1-23(15-16-7-8-17(28-2)13-21(16)30-4)31(26,27)18-9-10-20(29-3)19(14-18)22(25)24-11-5-6-12-24/h7-10,13-14H,5-6,11-12,15H2,1-4H3. The zero-order chi connectivity index (χ0) is 22.6. The van der Waals surface area contributed by atoms with Gasteiger partial charge in [0.1, 0.15) is 17.2 Å². The van der Waals surface area contributed by atoms with Crippen LogP contribution in [0.4, 0.5) is 0 Å². The highest BCUT2D eigenvalue weighted by molar-refractivity contribution is 7.89. The summed E-state index contributed by atoms with van der Waals surface area (Å²) >= 11 is 0. The van der Waals surface area contributed by atoms with Crippen LogP contribution in [-0.2, 0) is 16.6 Å². The Balaban J connectivity index is 1.90. The molecule has 1 amide bonds. The lowest BCUT2D eigenvalue weighted by Crippen LogP contribution is -2.29. The molecule has 1 aliphatic heterocycles. The molecule has 8 nitrogen and oxygen atoms in total. The highest BCUT2D eigenvalue weighted by Gasteiger charge is 2.27. The number of rotatable bonds is 8. The number of benzene rings is 2. The summed E-state index contributed by atoms with van der Waals surface area (Å²) in [5, 5.41) is 0. The lowest BCUT2D eigenvalue weighted by atomic mass is 10.1. The minimum Gasteiger partial charge on any atom is -0.497 e. The van der Waals surface area contributed by atoms with Gasteiger partial charge in [0, 0.05) is 38.3 Å². The Labute approximate surface area is 183 Å². The van der Waals surface area contributed by atoms with Crippen LogP contribution in [0.15, 0.2) is 41.3 Å². The molecule has 0 N–H and O–H groups in total. The highest BCUT2D eigenvalue weighted by atomic mass is 32.2. The van der Waals surface area contributed by atoms with E-state index in [0.29, 0.717) is 35.9 Å². The summed E-state index contributed by atoms with van der Waals surface area (Å²) < 4.78 is 43.6. The van der Waals surface area contributed by atoms with Crippen molar-refractivity contribution in [1.82, 2.24) is 9.21 Å². The van der Waals surface area contributed by atoms with Crippen molar-refractivity contribution in [2.75, 3.05) is 41.5 Å². The summed E-state index contributed by atoms with van der Waals surface area (Å²) in [5.74, 6) is 1.29. The predicted molar refractivity (Wildman–Crippen MR) is 116 cm³/mol. The molecule has 3 rings (SSSR count). The van der Waals surface area contributed by atoms with Crippen molar-refractivity contribution < 1.29 is 27.4 Å². The molecule has 1 heterocycles. The number of hydrogen-bond acceptors (Lipinski definition) is 6. The van der Waals surface area contributed by atoms with Gasteiger partial charge in [-0.1, -0.05) is 6.07 Å². The first-order chi connectivity index (χ1) is 14.8. The molecule has 0 spiro atoms. The van der Waals surface area contributed by atoms with Gasteiger partial charge in [0.05, 0.1) is 31.8 Å². The summed E-state index contributed by atoms with van der Waals surface area (Å²) in [6, 6.07) is 9.60. The maximum atomic E-state index is 13.2. The lowest BCUT2D eigenvalue weighted by molar-refractivity contribution is 0.0789. The van der Waals surface area contributed by atoms with Crippen molar-refractivity contribution in [3.05, 3.63) is 47.5 Å². The quantitative estimate of drug-likeness (QED) is 0.617. The largest absolute Gasteiger partial charge is 0.497 e. The van der Waals surface area contributed by atoms with E-state index in [1.807, 2.05) is 0 Å². The summed E-state index contributed by atoms with van der Waals surface area (Å²) in [4.78, 5) is 14.7. The number of carbonyl (C=O) groups excluding carboxylic acids is 1. The molecule has 0 radical (unpaired) electrons. The Morgan fingerprint density at radius 1 is 0.968 bits per heavy atom. The molecule has 168 valence electrons. The van der Waals surface area contributed by atoms with E-state index >= 15 is 0 Å². The Morgan fingerprint density at radius 2 is 1.65 bits per heavy atom. The third kappa shape index (κ3) is 4.77. The van der Waals surface area contributed by atoms with Crippen molar-refractivity contribution in [3.63, 3.8) is 0 Å². The van der Waals surface area contributed by atoms with Gasteiger partial charge >= 0.3 is 0 Å². The average molecular weight is 449 g/mol. The zero-order valence-corrected chi connectivity index (χ0v) is 19.1. The molecule has 0 unspecified atom stereocenters. The fraction of sp³-hybridized carbons (Fsp3) is 0.409. The Morgan fingerprint density at radius 3 is 2.26 bits per heavy atom. The Bertz CT molecular complexity index is 1050. The van der Waals surface area contributed by atoms with E-state index in [-0.39, 0.29) is 22.9 Å². The number of carbonyl (C=O) groups is 1. The summed E-state index contributed by atoms with van der Waals surface area (Å²) in [6.45, 7) is 1.42. The molecule has 0 bridgehead atoms. The van der Waals surface area contributed by atoms with Crippen molar-refractivity contribution in [2.45, 2.75) is 24.3 Å². The van der Waals surface area contributed by atoms with Gasteiger partial charge in [0.25, 0.3) is 5.91 Å². The fourth-order valence-corrected chi connectivity index (χ4v) is 4.77. The molecule has 2 aromatic rings. The van der Waals surface area contributed by atoms with Crippen LogP contribution in [0.3, 0.4) is 0 Å². The van der Waals surface area contributed by atoms with Crippen molar-refractivity contribution in [1.29, 1.82) is 0 Å². The first kappa shape index (κ1) is 22.9. The van der Waals surface area contributed by atoms with Gasteiger partial charge in [-0.25, -0.2) is 8.42 Å². The summed E-state index contributed by atoms with van der Waals surface area (Å²) in [7, 11) is 2.17. The Hall–Kier alpha value is -2.78. The zero-order valence-electron chi connectivity index (χ0n) is 18.3. The number of sulfonamides is 1. The predicted octanol–water partition coefficient (Wildman–Crippen LogP) is 2.77. The third-order valence-corrected chi connectivity index (χ3v) is 7.19. The van der Waals surface area contributed by atoms with Crippen LogP contribution in [0.1, 0.15) is 28.8 Å².